The number of hydrogen-bond acceptors (Lipinski definition) is 5. The predicted molar refractivity (Wildman–Crippen MR) is 106 cm³/mol. The van der Waals surface area contributed by atoms with E-state index in [0.29, 0.717) is 0 Å². The molecular formula is C20H22N4S. The molecule has 0 amide bonds. The molecule has 0 unspecified atom stereocenters. The summed E-state index contributed by atoms with van der Waals surface area (Å²) in [5.74, 6) is 0.857. The van der Waals surface area contributed by atoms with Gasteiger partial charge in [0.15, 0.2) is 0 Å². The molecule has 3 heterocycles. The highest BCUT2D eigenvalue weighted by molar-refractivity contribution is 7.13. The van der Waals surface area contributed by atoms with Crippen molar-refractivity contribution in [2.45, 2.75) is 19.3 Å². The topological polar surface area (TPSA) is 41.0 Å². The van der Waals surface area contributed by atoms with Crippen LogP contribution in [0.3, 0.4) is 0 Å². The largest absolute Gasteiger partial charge is 0.343 e. The summed E-state index contributed by atoms with van der Waals surface area (Å²) >= 11 is 1.66. The van der Waals surface area contributed by atoms with Gasteiger partial charge < -0.3 is 5.32 Å². The van der Waals surface area contributed by atoms with Gasteiger partial charge in [-0.05, 0) is 49.0 Å². The molecule has 0 saturated carbocycles. The minimum absolute atomic E-state index is 0.857. The molecule has 1 aliphatic heterocycles. The molecular weight excluding hydrogens is 328 g/mol. The highest BCUT2D eigenvalue weighted by atomic mass is 32.1. The van der Waals surface area contributed by atoms with Crippen LogP contribution in [0.2, 0.25) is 0 Å². The fraction of sp³-hybridized carbons (Fsp3) is 0.300. The number of anilines is 1. The van der Waals surface area contributed by atoms with Gasteiger partial charge >= 0.3 is 0 Å². The number of rotatable bonds is 5. The lowest BCUT2D eigenvalue weighted by atomic mass is 10.1. The molecule has 1 aromatic carbocycles. The van der Waals surface area contributed by atoms with Crippen LogP contribution in [0.15, 0.2) is 54.4 Å². The normalized spacial score (nSPS) is 15.4. The smallest absolute Gasteiger partial charge is 0.130 e. The predicted octanol–water partition coefficient (Wildman–Crippen LogP) is 4.77. The van der Waals surface area contributed by atoms with Crippen LogP contribution in [-0.4, -0.2) is 34.5 Å². The van der Waals surface area contributed by atoms with Crippen molar-refractivity contribution in [1.29, 1.82) is 0 Å². The molecule has 0 radical (unpaired) electrons. The van der Waals surface area contributed by atoms with E-state index in [0.717, 1.165) is 23.4 Å². The Morgan fingerprint density at radius 1 is 1.12 bits per heavy atom. The molecule has 0 bridgehead atoms. The molecule has 1 N–H and O–H groups in total. The third-order valence-corrected chi connectivity index (χ3v) is 5.43. The average molecular weight is 350 g/mol. The number of fused-ring (bicyclic) bond motifs is 1. The lowest BCUT2D eigenvalue weighted by molar-refractivity contribution is 0.247. The number of nitrogens with one attached hydrogen (secondary N) is 1. The van der Waals surface area contributed by atoms with Crippen LogP contribution in [-0.2, 0) is 0 Å². The second kappa shape index (κ2) is 7.33. The molecule has 1 saturated heterocycles. The van der Waals surface area contributed by atoms with Crippen molar-refractivity contribution >= 4 is 27.9 Å². The number of piperidine rings is 1. The summed E-state index contributed by atoms with van der Waals surface area (Å²) in [6, 6.07) is 8.54. The Kier molecular flexibility index (Phi) is 4.76. The number of aromatic nitrogens is 2. The summed E-state index contributed by atoms with van der Waals surface area (Å²) in [4.78, 5) is 12.3. The van der Waals surface area contributed by atoms with Crippen LogP contribution < -0.4 is 5.32 Å². The number of nitrogens with zero attached hydrogens (tertiary/aromatic N) is 3. The standard InChI is InChI=1S/C20H22N4S/c1-15(13-24-7-3-2-4-8-24)23-20-10-18-9-16(19-12-21-14-25-19)5-6-17(18)11-22-20/h5-6,9-12,14H,1-4,7-8,13H2,(H,22,23). The molecule has 25 heavy (non-hydrogen) atoms. The van der Waals surface area contributed by atoms with E-state index < -0.39 is 0 Å². The van der Waals surface area contributed by atoms with Crippen molar-refractivity contribution in [1.82, 2.24) is 14.9 Å². The van der Waals surface area contributed by atoms with Gasteiger partial charge in [-0.3, -0.25) is 9.88 Å². The quantitative estimate of drug-likeness (QED) is 0.720. The second-order valence-corrected chi connectivity index (χ2v) is 7.45. The van der Waals surface area contributed by atoms with Gasteiger partial charge in [-0.1, -0.05) is 25.1 Å². The van der Waals surface area contributed by atoms with Gasteiger partial charge in [0.2, 0.25) is 0 Å². The van der Waals surface area contributed by atoms with E-state index >= 15 is 0 Å². The Bertz CT molecular complexity index is 867. The van der Waals surface area contributed by atoms with Crippen molar-refractivity contribution in [2.75, 3.05) is 25.0 Å². The number of pyridine rings is 1. The number of benzene rings is 1. The molecule has 4 nitrogen and oxygen atoms in total. The van der Waals surface area contributed by atoms with E-state index in [2.05, 4.69) is 51.0 Å². The van der Waals surface area contributed by atoms with Crippen molar-refractivity contribution in [3.63, 3.8) is 0 Å². The lowest BCUT2D eigenvalue weighted by Gasteiger charge is -2.27. The summed E-state index contributed by atoms with van der Waals surface area (Å²) in [6.45, 7) is 7.41. The Balaban J connectivity index is 1.50. The molecule has 1 fully saturated rings. The Morgan fingerprint density at radius 3 is 2.80 bits per heavy atom. The molecule has 0 aliphatic carbocycles. The number of thiazole rings is 1. The van der Waals surface area contributed by atoms with E-state index in [4.69, 9.17) is 0 Å². The lowest BCUT2D eigenvalue weighted by Crippen LogP contribution is -2.32. The molecule has 0 atom stereocenters. The van der Waals surface area contributed by atoms with Gasteiger partial charge in [-0.25, -0.2) is 4.98 Å². The van der Waals surface area contributed by atoms with Gasteiger partial charge in [-0.2, -0.15) is 0 Å². The first-order chi connectivity index (χ1) is 12.3. The molecule has 3 aromatic rings. The fourth-order valence-electron chi connectivity index (χ4n) is 3.33. The molecule has 5 heteroatoms. The van der Waals surface area contributed by atoms with E-state index in [1.165, 1.54) is 48.2 Å². The zero-order valence-corrected chi connectivity index (χ0v) is 15.1. The molecule has 4 rings (SSSR count). The zero-order valence-electron chi connectivity index (χ0n) is 14.2. The van der Waals surface area contributed by atoms with Gasteiger partial charge in [0.05, 0.1) is 10.4 Å². The van der Waals surface area contributed by atoms with E-state index in [1.54, 1.807) is 11.3 Å². The van der Waals surface area contributed by atoms with Crippen LogP contribution in [0.25, 0.3) is 21.2 Å². The highest BCUT2D eigenvalue weighted by Gasteiger charge is 2.11. The van der Waals surface area contributed by atoms with Crippen LogP contribution in [0.4, 0.5) is 5.82 Å². The number of hydrogen-bond donors (Lipinski definition) is 1. The van der Waals surface area contributed by atoms with E-state index in [1.807, 2.05) is 17.9 Å². The van der Waals surface area contributed by atoms with Gasteiger partial charge in [0, 0.05) is 30.0 Å². The number of likely N-dealkylation sites (tertiary alicyclic amines) is 1. The van der Waals surface area contributed by atoms with Crippen LogP contribution in [0.1, 0.15) is 19.3 Å². The SMILES string of the molecule is C=C(CN1CCCCC1)Nc1cc2cc(-c3cncs3)ccc2cn1. The maximum absolute atomic E-state index is 4.53. The fourth-order valence-corrected chi connectivity index (χ4v) is 3.95. The summed E-state index contributed by atoms with van der Waals surface area (Å²) in [5.41, 5.74) is 4.07. The van der Waals surface area contributed by atoms with Crippen LogP contribution in [0.5, 0.6) is 0 Å². The molecule has 1 aliphatic rings. The van der Waals surface area contributed by atoms with Crippen LogP contribution in [0, 0.1) is 0 Å². The zero-order chi connectivity index (χ0) is 17.1. The minimum atomic E-state index is 0.857. The average Bonchev–Trinajstić information content (AvgIpc) is 3.16. The van der Waals surface area contributed by atoms with Crippen molar-refractivity contribution in [3.05, 3.63) is 54.4 Å². The summed E-state index contributed by atoms with van der Waals surface area (Å²) < 4.78 is 0. The van der Waals surface area contributed by atoms with E-state index in [-0.39, 0.29) is 0 Å². The second-order valence-electron chi connectivity index (χ2n) is 6.56. The molecule has 0 spiro atoms. The first-order valence-electron chi connectivity index (χ1n) is 8.74. The third kappa shape index (κ3) is 3.89. The van der Waals surface area contributed by atoms with Crippen LogP contribution >= 0.6 is 11.3 Å². The monoisotopic (exact) mass is 350 g/mol. The van der Waals surface area contributed by atoms with E-state index in [9.17, 15) is 0 Å². The van der Waals surface area contributed by atoms with Gasteiger partial charge in [0.1, 0.15) is 5.82 Å². The Labute approximate surface area is 152 Å². The molecule has 128 valence electrons. The van der Waals surface area contributed by atoms with Crippen molar-refractivity contribution in [3.8, 4) is 10.4 Å². The highest BCUT2D eigenvalue weighted by Crippen LogP contribution is 2.27. The summed E-state index contributed by atoms with van der Waals surface area (Å²) in [6.07, 6.45) is 7.77. The van der Waals surface area contributed by atoms with Gasteiger partial charge in [0.25, 0.3) is 0 Å². The van der Waals surface area contributed by atoms with Crippen molar-refractivity contribution < 1.29 is 0 Å². The first kappa shape index (κ1) is 16.2. The van der Waals surface area contributed by atoms with Gasteiger partial charge in [-0.15, -0.1) is 11.3 Å². The minimum Gasteiger partial charge on any atom is -0.343 e. The Hall–Kier alpha value is -2.24. The third-order valence-electron chi connectivity index (χ3n) is 4.61. The Morgan fingerprint density at radius 2 is 2.00 bits per heavy atom. The summed E-state index contributed by atoms with van der Waals surface area (Å²) in [5, 5.41) is 5.69. The first-order valence-corrected chi connectivity index (χ1v) is 9.62. The summed E-state index contributed by atoms with van der Waals surface area (Å²) in [7, 11) is 0. The maximum Gasteiger partial charge on any atom is 0.130 e. The maximum atomic E-state index is 4.53. The molecule has 2 aromatic heterocycles. The van der Waals surface area contributed by atoms with Crippen molar-refractivity contribution in [2.24, 2.45) is 0 Å².